The van der Waals surface area contributed by atoms with Crippen molar-refractivity contribution < 1.29 is 14.3 Å². The second kappa shape index (κ2) is 2.85. The van der Waals surface area contributed by atoms with Crippen LogP contribution in [0.15, 0.2) is 11.4 Å². The number of nitrogens with two attached hydrogens (primary N) is 1. The van der Waals surface area contributed by atoms with E-state index in [-0.39, 0.29) is 5.78 Å². The van der Waals surface area contributed by atoms with Crippen LogP contribution in [0.4, 0.5) is 4.79 Å². The summed E-state index contributed by atoms with van der Waals surface area (Å²) in [5, 5.41) is 1.85. The van der Waals surface area contributed by atoms with E-state index in [1.165, 1.54) is 11.3 Å². The van der Waals surface area contributed by atoms with Crippen molar-refractivity contribution >= 4 is 23.2 Å². The van der Waals surface area contributed by atoms with Crippen molar-refractivity contribution in [1.29, 1.82) is 0 Å². The lowest BCUT2D eigenvalue weighted by Crippen LogP contribution is -2.27. The third kappa shape index (κ3) is 1.31. The Morgan fingerprint density at radius 3 is 3.08 bits per heavy atom. The fourth-order valence-electron chi connectivity index (χ4n) is 1.39. The van der Waals surface area contributed by atoms with Gasteiger partial charge in [-0.05, 0) is 17.0 Å². The van der Waals surface area contributed by atoms with E-state index in [9.17, 15) is 9.59 Å². The SMILES string of the molecule is NC(=O)OC1Cc2ccsc2C1=O. The van der Waals surface area contributed by atoms with Gasteiger partial charge in [0.2, 0.25) is 5.78 Å². The van der Waals surface area contributed by atoms with Crippen molar-refractivity contribution in [3.63, 3.8) is 0 Å². The molecule has 0 fully saturated rings. The van der Waals surface area contributed by atoms with Gasteiger partial charge in [0, 0.05) is 6.42 Å². The minimum Gasteiger partial charge on any atom is -0.438 e. The van der Waals surface area contributed by atoms with Gasteiger partial charge in [-0.15, -0.1) is 11.3 Å². The van der Waals surface area contributed by atoms with E-state index in [1.807, 2.05) is 11.4 Å². The molecule has 0 spiro atoms. The van der Waals surface area contributed by atoms with E-state index >= 15 is 0 Å². The Kier molecular flexibility index (Phi) is 1.81. The molecule has 2 rings (SSSR count). The van der Waals surface area contributed by atoms with Gasteiger partial charge in [0.15, 0.2) is 6.10 Å². The monoisotopic (exact) mass is 197 g/mol. The number of amides is 1. The molecule has 0 saturated carbocycles. The Balaban J connectivity index is 2.19. The maximum absolute atomic E-state index is 11.5. The number of ether oxygens (including phenoxy) is 1. The van der Waals surface area contributed by atoms with Crippen LogP contribution in [0.3, 0.4) is 0 Å². The van der Waals surface area contributed by atoms with E-state index in [0.29, 0.717) is 11.3 Å². The first-order chi connectivity index (χ1) is 6.18. The van der Waals surface area contributed by atoms with Crippen molar-refractivity contribution in [1.82, 2.24) is 0 Å². The molecule has 5 heteroatoms. The van der Waals surface area contributed by atoms with Crippen LogP contribution in [0.5, 0.6) is 0 Å². The lowest BCUT2D eigenvalue weighted by molar-refractivity contribution is 0.0693. The summed E-state index contributed by atoms with van der Waals surface area (Å²) < 4.78 is 4.66. The van der Waals surface area contributed by atoms with Crippen LogP contribution in [-0.2, 0) is 11.2 Å². The molecule has 0 radical (unpaired) electrons. The first-order valence-corrected chi connectivity index (χ1v) is 4.63. The number of hydrogen-bond acceptors (Lipinski definition) is 4. The number of primary amides is 1. The number of fused-ring (bicyclic) bond motifs is 1. The highest BCUT2D eigenvalue weighted by Gasteiger charge is 2.33. The van der Waals surface area contributed by atoms with Gasteiger partial charge in [0.1, 0.15) is 0 Å². The molecule has 1 atom stereocenters. The van der Waals surface area contributed by atoms with Crippen LogP contribution in [0.25, 0.3) is 0 Å². The summed E-state index contributed by atoms with van der Waals surface area (Å²) in [6, 6.07) is 1.86. The number of carbonyl (C=O) groups excluding carboxylic acids is 2. The molecule has 4 nitrogen and oxygen atoms in total. The third-order valence-corrected chi connectivity index (χ3v) is 2.90. The van der Waals surface area contributed by atoms with Crippen molar-refractivity contribution in [2.45, 2.75) is 12.5 Å². The van der Waals surface area contributed by atoms with E-state index in [4.69, 9.17) is 5.73 Å². The summed E-state index contributed by atoms with van der Waals surface area (Å²) in [5.74, 6) is -0.135. The molecule has 0 bridgehead atoms. The van der Waals surface area contributed by atoms with Crippen LogP contribution in [0.1, 0.15) is 15.2 Å². The summed E-state index contributed by atoms with van der Waals surface area (Å²) in [6.45, 7) is 0. The molecule has 1 aliphatic carbocycles. The molecule has 0 saturated heterocycles. The zero-order valence-corrected chi connectivity index (χ0v) is 7.47. The predicted molar refractivity (Wildman–Crippen MR) is 46.8 cm³/mol. The second-order valence-electron chi connectivity index (χ2n) is 2.77. The molecule has 2 N–H and O–H groups in total. The van der Waals surface area contributed by atoms with E-state index in [2.05, 4.69) is 4.74 Å². The second-order valence-corrected chi connectivity index (χ2v) is 3.68. The Labute approximate surface area is 78.3 Å². The number of thiophene rings is 1. The van der Waals surface area contributed by atoms with Gasteiger partial charge in [0.25, 0.3) is 0 Å². The van der Waals surface area contributed by atoms with Crippen molar-refractivity contribution in [3.05, 3.63) is 21.9 Å². The van der Waals surface area contributed by atoms with Gasteiger partial charge in [0.05, 0.1) is 4.88 Å². The van der Waals surface area contributed by atoms with Crippen LogP contribution in [-0.4, -0.2) is 18.0 Å². The maximum Gasteiger partial charge on any atom is 0.405 e. The highest BCUT2D eigenvalue weighted by atomic mass is 32.1. The molecule has 1 unspecified atom stereocenters. The molecule has 0 aliphatic heterocycles. The smallest absolute Gasteiger partial charge is 0.405 e. The van der Waals surface area contributed by atoms with Gasteiger partial charge in [-0.1, -0.05) is 0 Å². The van der Waals surface area contributed by atoms with Crippen LogP contribution >= 0.6 is 11.3 Å². The standard InChI is InChI=1S/C8H7NO3S/c9-8(11)12-5-3-4-1-2-13-7(4)6(5)10/h1-2,5H,3H2,(H2,9,11). The first-order valence-electron chi connectivity index (χ1n) is 3.75. The summed E-state index contributed by atoms with van der Waals surface area (Å²) >= 11 is 1.37. The summed E-state index contributed by atoms with van der Waals surface area (Å²) in [6.07, 6.45) is -1.13. The van der Waals surface area contributed by atoms with Crippen molar-refractivity contribution in [2.24, 2.45) is 5.73 Å². The zero-order valence-electron chi connectivity index (χ0n) is 6.65. The van der Waals surface area contributed by atoms with E-state index < -0.39 is 12.2 Å². The maximum atomic E-state index is 11.5. The molecule has 1 amide bonds. The average Bonchev–Trinajstić information content (AvgIpc) is 2.56. The Morgan fingerprint density at radius 1 is 1.69 bits per heavy atom. The minimum atomic E-state index is -0.895. The van der Waals surface area contributed by atoms with Gasteiger partial charge in [-0.3, -0.25) is 4.79 Å². The molecule has 1 aromatic rings. The average molecular weight is 197 g/mol. The number of hydrogen-bond donors (Lipinski definition) is 1. The van der Waals surface area contributed by atoms with Crippen LogP contribution < -0.4 is 5.73 Å². The van der Waals surface area contributed by atoms with Gasteiger partial charge >= 0.3 is 6.09 Å². The number of Topliss-reactive ketones (excluding diaryl/α,β-unsaturated/α-hetero) is 1. The van der Waals surface area contributed by atoms with Crippen LogP contribution in [0.2, 0.25) is 0 Å². The first kappa shape index (κ1) is 8.25. The van der Waals surface area contributed by atoms with Crippen molar-refractivity contribution in [3.8, 4) is 0 Å². The molecular formula is C8H7NO3S. The zero-order chi connectivity index (χ0) is 9.42. The molecular weight excluding hydrogens is 190 g/mol. The summed E-state index contributed by atoms with van der Waals surface area (Å²) in [5.41, 5.74) is 5.77. The largest absolute Gasteiger partial charge is 0.438 e. The van der Waals surface area contributed by atoms with Crippen LogP contribution in [0, 0.1) is 0 Å². The van der Waals surface area contributed by atoms with Gasteiger partial charge < -0.3 is 10.5 Å². The Morgan fingerprint density at radius 2 is 2.46 bits per heavy atom. The Bertz CT molecular complexity index is 371. The Hall–Kier alpha value is -1.36. The highest BCUT2D eigenvalue weighted by Crippen LogP contribution is 2.28. The number of ketones is 1. The predicted octanol–water partition coefficient (Wildman–Crippen LogP) is 0.951. The molecule has 13 heavy (non-hydrogen) atoms. The van der Waals surface area contributed by atoms with Crippen molar-refractivity contribution in [2.75, 3.05) is 0 Å². The molecule has 1 heterocycles. The van der Waals surface area contributed by atoms with E-state index in [0.717, 1.165) is 5.56 Å². The summed E-state index contributed by atoms with van der Waals surface area (Å²) in [7, 11) is 0. The quantitative estimate of drug-likeness (QED) is 0.728. The topological polar surface area (TPSA) is 69.4 Å². The molecule has 0 aromatic carbocycles. The summed E-state index contributed by atoms with van der Waals surface area (Å²) in [4.78, 5) is 22.6. The highest BCUT2D eigenvalue weighted by molar-refractivity contribution is 7.12. The fourth-order valence-corrected chi connectivity index (χ4v) is 2.31. The lowest BCUT2D eigenvalue weighted by Gasteiger charge is -2.06. The normalized spacial score (nSPS) is 20.0. The van der Waals surface area contributed by atoms with Gasteiger partial charge in [-0.25, -0.2) is 4.79 Å². The molecule has 1 aliphatic rings. The fraction of sp³-hybridized carbons (Fsp3) is 0.250. The van der Waals surface area contributed by atoms with Gasteiger partial charge in [-0.2, -0.15) is 0 Å². The molecule has 68 valence electrons. The lowest BCUT2D eigenvalue weighted by atomic mass is 10.2. The number of rotatable bonds is 1. The third-order valence-electron chi connectivity index (χ3n) is 1.93. The minimum absolute atomic E-state index is 0.135. The number of carbonyl (C=O) groups is 2. The molecule has 1 aromatic heterocycles. The van der Waals surface area contributed by atoms with E-state index in [1.54, 1.807) is 0 Å².